The normalized spacial score (nSPS) is 22.6. The van der Waals surface area contributed by atoms with Crippen molar-refractivity contribution in [1.29, 1.82) is 0 Å². The molecule has 106 valence electrons. The lowest BCUT2D eigenvalue weighted by Crippen LogP contribution is -2.29. The van der Waals surface area contributed by atoms with Crippen molar-refractivity contribution in [3.63, 3.8) is 0 Å². The monoisotopic (exact) mass is 290 g/mol. The van der Waals surface area contributed by atoms with E-state index in [1.54, 1.807) is 6.26 Å². The number of hydrogen-bond acceptors (Lipinski definition) is 4. The summed E-state index contributed by atoms with van der Waals surface area (Å²) in [6.07, 6.45) is 3.64. The molecule has 0 unspecified atom stereocenters. The van der Waals surface area contributed by atoms with Crippen molar-refractivity contribution in [1.82, 2.24) is 4.98 Å². The van der Waals surface area contributed by atoms with Crippen molar-refractivity contribution in [2.24, 2.45) is 0 Å². The molecule has 1 aliphatic rings. The fourth-order valence-electron chi connectivity index (χ4n) is 2.41. The van der Waals surface area contributed by atoms with Crippen LogP contribution in [0, 0.1) is 6.92 Å². The minimum absolute atomic E-state index is 0.438. The number of nitrogens with one attached hydrogen (secondary N) is 1. The van der Waals surface area contributed by atoms with Crippen LogP contribution in [0.3, 0.4) is 0 Å². The van der Waals surface area contributed by atoms with Crippen molar-refractivity contribution >= 4 is 16.5 Å². The Hall–Kier alpha value is -1.62. The van der Waals surface area contributed by atoms with Crippen LogP contribution in [0.5, 0.6) is 0 Å². The number of hydrogen-bond donors (Lipinski definition) is 1. The molecule has 2 heterocycles. The zero-order valence-corrected chi connectivity index (χ0v) is 12.3. The van der Waals surface area contributed by atoms with Crippen molar-refractivity contribution in [3.8, 4) is 11.3 Å². The van der Waals surface area contributed by atoms with Crippen LogP contribution in [0.1, 0.15) is 18.7 Å². The third kappa shape index (κ3) is 3.10. The van der Waals surface area contributed by atoms with Gasteiger partial charge in [-0.2, -0.15) is 0 Å². The highest BCUT2D eigenvalue weighted by molar-refractivity contribution is 7.85. The first-order chi connectivity index (χ1) is 9.70. The topological polar surface area (TPSA) is 55.1 Å². The van der Waals surface area contributed by atoms with Crippen LogP contribution in [0.15, 0.2) is 34.9 Å². The predicted octanol–water partition coefficient (Wildman–Crippen LogP) is 2.97. The van der Waals surface area contributed by atoms with Gasteiger partial charge < -0.3 is 9.73 Å². The van der Waals surface area contributed by atoms with E-state index in [9.17, 15) is 4.21 Å². The lowest BCUT2D eigenvalue weighted by atomic mass is 10.1. The maximum absolute atomic E-state index is 11.3. The van der Waals surface area contributed by atoms with E-state index in [1.807, 2.05) is 19.1 Å². The van der Waals surface area contributed by atoms with Gasteiger partial charge in [0.05, 0.1) is 0 Å². The highest BCUT2D eigenvalue weighted by Gasteiger charge is 2.17. The first-order valence-electron chi connectivity index (χ1n) is 6.85. The number of oxazole rings is 1. The van der Waals surface area contributed by atoms with E-state index in [-0.39, 0.29) is 0 Å². The largest absolute Gasteiger partial charge is 0.449 e. The molecule has 4 nitrogen and oxygen atoms in total. The second kappa shape index (κ2) is 5.79. The Bertz CT molecular complexity index is 597. The zero-order valence-electron chi connectivity index (χ0n) is 11.5. The summed E-state index contributed by atoms with van der Waals surface area (Å²) in [5.74, 6) is 2.31. The first kappa shape index (κ1) is 13.4. The Morgan fingerprint density at radius 1 is 1.25 bits per heavy atom. The maximum atomic E-state index is 11.3. The Balaban J connectivity index is 1.65. The van der Waals surface area contributed by atoms with Gasteiger partial charge in [0.15, 0.2) is 5.89 Å². The fraction of sp³-hybridized carbons (Fsp3) is 0.400. The van der Waals surface area contributed by atoms with E-state index in [1.165, 1.54) is 0 Å². The highest BCUT2D eigenvalue weighted by atomic mass is 32.2. The van der Waals surface area contributed by atoms with Crippen molar-refractivity contribution in [2.45, 2.75) is 25.8 Å². The lowest BCUT2D eigenvalue weighted by molar-refractivity contribution is 0.521. The van der Waals surface area contributed by atoms with Gasteiger partial charge in [-0.1, -0.05) is 12.1 Å². The SMILES string of the molecule is Cc1nc(-c2ccc(NC3CCS(=O)CC3)cc2)co1. The quantitative estimate of drug-likeness (QED) is 0.944. The molecular weight excluding hydrogens is 272 g/mol. The average molecular weight is 290 g/mol. The molecule has 1 aliphatic heterocycles. The maximum Gasteiger partial charge on any atom is 0.191 e. The number of aryl methyl sites for hydroxylation is 1. The molecule has 0 spiro atoms. The van der Waals surface area contributed by atoms with Crippen LogP contribution in [-0.2, 0) is 10.8 Å². The van der Waals surface area contributed by atoms with Crippen LogP contribution in [0.4, 0.5) is 5.69 Å². The van der Waals surface area contributed by atoms with Gasteiger partial charge in [-0.25, -0.2) is 4.98 Å². The van der Waals surface area contributed by atoms with Gasteiger partial charge in [-0.3, -0.25) is 4.21 Å². The number of aromatic nitrogens is 1. The fourth-order valence-corrected chi connectivity index (χ4v) is 3.71. The van der Waals surface area contributed by atoms with Crippen molar-refractivity contribution in [3.05, 3.63) is 36.4 Å². The summed E-state index contributed by atoms with van der Waals surface area (Å²) in [6.45, 7) is 1.84. The Kier molecular flexibility index (Phi) is 3.87. The minimum atomic E-state index is -0.604. The molecule has 1 saturated heterocycles. The van der Waals surface area contributed by atoms with E-state index in [2.05, 4.69) is 22.4 Å². The molecule has 3 rings (SSSR count). The first-order valence-corrected chi connectivity index (χ1v) is 8.33. The van der Waals surface area contributed by atoms with E-state index in [0.717, 1.165) is 41.3 Å². The third-order valence-corrected chi connectivity index (χ3v) is 4.94. The van der Waals surface area contributed by atoms with E-state index < -0.39 is 10.8 Å². The molecule has 20 heavy (non-hydrogen) atoms. The molecule has 0 bridgehead atoms. The van der Waals surface area contributed by atoms with Gasteiger partial charge in [-0.05, 0) is 25.0 Å². The zero-order chi connectivity index (χ0) is 13.9. The third-order valence-electron chi connectivity index (χ3n) is 3.56. The molecule has 0 atom stereocenters. The summed E-state index contributed by atoms with van der Waals surface area (Å²) in [4.78, 5) is 4.31. The van der Waals surface area contributed by atoms with Gasteiger partial charge >= 0.3 is 0 Å². The highest BCUT2D eigenvalue weighted by Crippen LogP contribution is 2.22. The van der Waals surface area contributed by atoms with Crippen molar-refractivity contribution < 1.29 is 8.63 Å². The Labute approximate surface area is 121 Å². The molecule has 1 fully saturated rings. The standard InChI is InChI=1S/C15H18N2O2S/c1-11-16-15(10-19-11)12-2-4-13(5-3-12)17-14-6-8-20(18)9-7-14/h2-5,10,14,17H,6-9H2,1H3. The summed E-state index contributed by atoms with van der Waals surface area (Å²) in [5, 5.41) is 3.51. The molecule has 0 saturated carbocycles. The van der Waals surface area contributed by atoms with Gasteiger partial charge in [0.25, 0.3) is 0 Å². The van der Waals surface area contributed by atoms with E-state index >= 15 is 0 Å². The predicted molar refractivity (Wildman–Crippen MR) is 81.2 cm³/mol. The number of benzene rings is 1. The molecule has 1 aromatic carbocycles. The summed E-state index contributed by atoms with van der Waals surface area (Å²) < 4.78 is 16.6. The van der Waals surface area contributed by atoms with Crippen molar-refractivity contribution in [2.75, 3.05) is 16.8 Å². The summed E-state index contributed by atoms with van der Waals surface area (Å²) in [6, 6.07) is 8.64. The van der Waals surface area contributed by atoms with Crippen LogP contribution in [0.25, 0.3) is 11.3 Å². The number of rotatable bonds is 3. The second-order valence-corrected chi connectivity index (χ2v) is 6.79. The average Bonchev–Trinajstić information content (AvgIpc) is 2.89. The Morgan fingerprint density at radius 3 is 2.55 bits per heavy atom. The van der Waals surface area contributed by atoms with Gasteiger partial charge in [0, 0.05) is 46.5 Å². The minimum Gasteiger partial charge on any atom is -0.449 e. The number of anilines is 1. The van der Waals surface area contributed by atoms with E-state index in [0.29, 0.717) is 11.9 Å². The van der Waals surface area contributed by atoms with Crippen LogP contribution >= 0.6 is 0 Å². The summed E-state index contributed by atoms with van der Waals surface area (Å²) in [7, 11) is -0.604. The summed E-state index contributed by atoms with van der Waals surface area (Å²) >= 11 is 0. The van der Waals surface area contributed by atoms with E-state index in [4.69, 9.17) is 4.42 Å². The molecular formula is C15H18N2O2S. The molecule has 0 amide bonds. The van der Waals surface area contributed by atoms with Crippen LogP contribution in [-0.4, -0.2) is 26.7 Å². The molecule has 1 N–H and O–H groups in total. The molecule has 2 aromatic rings. The lowest BCUT2D eigenvalue weighted by Gasteiger charge is -2.23. The van der Waals surface area contributed by atoms with Crippen LogP contribution in [0.2, 0.25) is 0 Å². The Morgan fingerprint density at radius 2 is 1.95 bits per heavy atom. The summed E-state index contributed by atoms with van der Waals surface area (Å²) in [5.41, 5.74) is 3.02. The molecule has 5 heteroatoms. The molecule has 0 radical (unpaired) electrons. The van der Waals surface area contributed by atoms with Gasteiger partial charge in [0.2, 0.25) is 0 Å². The number of nitrogens with zero attached hydrogens (tertiary/aromatic N) is 1. The molecule has 0 aliphatic carbocycles. The van der Waals surface area contributed by atoms with Gasteiger partial charge in [-0.15, -0.1) is 0 Å². The molecule has 1 aromatic heterocycles. The van der Waals surface area contributed by atoms with Crippen LogP contribution < -0.4 is 5.32 Å². The smallest absolute Gasteiger partial charge is 0.191 e. The second-order valence-electron chi connectivity index (χ2n) is 5.10. The van der Waals surface area contributed by atoms with Gasteiger partial charge in [0.1, 0.15) is 12.0 Å².